The molecule has 2 aromatic carbocycles. The molecule has 0 saturated heterocycles. The smallest absolute Gasteiger partial charge is 0.351 e. The number of esters is 1. The zero-order valence-corrected chi connectivity index (χ0v) is 17.9. The summed E-state index contributed by atoms with van der Waals surface area (Å²) in [6.07, 6.45) is -0.905. The third-order valence-corrected chi connectivity index (χ3v) is 4.79. The Labute approximate surface area is 184 Å². The van der Waals surface area contributed by atoms with Crippen LogP contribution in [0, 0.1) is 0 Å². The van der Waals surface area contributed by atoms with Crippen LogP contribution in [0.5, 0.6) is 0 Å². The molecule has 0 aliphatic rings. The van der Waals surface area contributed by atoms with Gasteiger partial charge in [0.15, 0.2) is 0 Å². The fourth-order valence-electron chi connectivity index (χ4n) is 3.24. The normalized spacial score (nSPS) is 15.8. The van der Waals surface area contributed by atoms with E-state index in [9.17, 15) is 34.5 Å². The number of aliphatic carboxylic acids is 1. The van der Waals surface area contributed by atoms with Gasteiger partial charge in [0, 0.05) is 17.7 Å². The van der Waals surface area contributed by atoms with Crippen LogP contribution >= 0.6 is 0 Å². The van der Waals surface area contributed by atoms with E-state index in [1.165, 1.54) is 61.5 Å². The molecule has 0 bridgehead atoms. The van der Waals surface area contributed by atoms with Crippen molar-refractivity contribution in [2.75, 3.05) is 20.6 Å². The van der Waals surface area contributed by atoms with Crippen molar-refractivity contribution in [2.45, 2.75) is 24.2 Å². The summed E-state index contributed by atoms with van der Waals surface area (Å²) in [5.41, 5.74) is -8.26. The van der Waals surface area contributed by atoms with Crippen LogP contribution in [0.4, 0.5) is 0 Å². The first-order valence-electron chi connectivity index (χ1n) is 9.69. The number of ether oxygens (including phenoxy) is 1. The molecule has 0 heterocycles. The van der Waals surface area contributed by atoms with E-state index in [1.54, 1.807) is 25.1 Å². The van der Waals surface area contributed by atoms with Crippen LogP contribution in [0.25, 0.3) is 0 Å². The lowest BCUT2D eigenvalue weighted by Crippen LogP contribution is -2.72. The number of rotatable bonds is 10. The highest BCUT2D eigenvalue weighted by Gasteiger charge is 2.70. The first-order valence-corrected chi connectivity index (χ1v) is 9.69. The molecule has 3 atom stereocenters. The summed E-state index contributed by atoms with van der Waals surface area (Å²) >= 11 is 0. The molecule has 9 nitrogen and oxygen atoms in total. The summed E-state index contributed by atoms with van der Waals surface area (Å²) in [5, 5.41) is 32.2. The zero-order valence-electron chi connectivity index (χ0n) is 17.9. The number of ketones is 2. The van der Waals surface area contributed by atoms with Gasteiger partial charge in [0.2, 0.25) is 11.6 Å². The van der Waals surface area contributed by atoms with Gasteiger partial charge >= 0.3 is 11.9 Å². The highest BCUT2D eigenvalue weighted by Crippen LogP contribution is 2.33. The predicted octanol–water partition coefficient (Wildman–Crippen LogP) is 0.792. The molecule has 2 rings (SSSR count). The van der Waals surface area contributed by atoms with Crippen molar-refractivity contribution in [3.8, 4) is 0 Å². The van der Waals surface area contributed by atoms with Crippen molar-refractivity contribution < 1.29 is 39.2 Å². The van der Waals surface area contributed by atoms with Gasteiger partial charge in [-0.25, -0.2) is 9.59 Å². The number of nitrogens with zero attached hydrogens (tertiary/aromatic N) is 1. The van der Waals surface area contributed by atoms with Crippen molar-refractivity contribution in [2.24, 2.45) is 0 Å². The summed E-state index contributed by atoms with van der Waals surface area (Å²) < 4.78 is 5.12. The van der Waals surface area contributed by atoms with Gasteiger partial charge in [0.1, 0.15) is 6.10 Å². The third-order valence-electron chi connectivity index (χ3n) is 4.79. The second-order valence-electron chi connectivity index (χ2n) is 7.59. The highest BCUT2D eigenvalue weighted by atomic mass is 16.6. The van der Waals surface area contributed by atoms with Crippen molar-refractivity contribution in [3.63, 3.8) is 0 Å². The van der Waals surface area contributed by atoms with Crippen molar-refractivity contribution in [3.05, 3.63) is 71.8 Å². The molecule has 0 aliphatic carbocycles. The Balaban J connectivity index is 2.69. The lowest BCUT2D eigenvalue weighted by Gasteiger charge is -2.36. The molecule has 170 valence electrons. The molecule has 9 heteroatoms. The standard InChI is InChI=1S/C23H25NO8/c1-15(14-24(2)3)32-21(29)23(31,19(26)17-12-8-5-9-13-17)22(30,20(27)28)18(25)16-10-6-4-7-11-16/h4-13,15,30-31H,14H2,1-3H3,(H,27,28)/t15-,22?,23?/m1/s1. The van der Waals surface area contributed by atoms with Crippen molar-refractivity contribution in [1.82, 2.24) is 4.90 Å². The maximum Gasteiger partial charge on any atom is 0.351 e. The molecule has 0 amide bonds. The number of benzene rings is 2. The number of likely N-dealkylation sites (N-methyl/N-ethyl adjacent to an activating group) is 1. The van der Waals surface area contributed by atoms with E-state index in [4.69, 9.17) is 4.74 Å². The molecule has 2 unspecified atom stereocenters. The fourth-order valence-corrected chi connectivity index (χ4v) is 3.24. The molecule has 3 N–H and O–H groups in total. The van der Waals surface area contributed by atoms with Crippen molar-refractivity contribution in [1.29, 1.82) is 0 Å². The van der Waals surface area contributed by atoms with Gasteiger partial charge in [-0.2, -0.15) is 0 Å². The number of carbonyl (C=O) groups is 4. The average Bonchev–Trinajstić information content (AvgIpc) is 2.77. The molecule has 2 aromatic rings. The van der Waals surface area contributed by atoms with Crippen LogP contribution in [0.15, 0.2) is 60.7 Å². The summed E-state index contributed by atoms with van der Waals surface area (Å²) in [6, 6.07) is 13.5. The number of carboxylic acids is 1. The molecule has 32 heavy (non-hydrogen) atoms. The summed E-state index contributed by atoms with van der Waals surface area (Å²) in [7, 11) is 3.36. The first kappa shape index (κ1) is 24.9. The Kier molecular flexibility index (Phi) is 7.63. The van der Waals surface area contributed by atoms with E-state index >= 15 is 0 Å². The minimum atomic E-state index is -3.86. The fraction of sp³-hybridized carbons (Fsp3) is 0.304. The van der Waals surface area contributed by atoms with Crippen LogP contribution in [0.1, 0.15) is 27.6 Å². The van der Waals surface area contributed by atoms with Crippen LogP contribution < -0.4 is 0 Å². The Morgan fingerprint density at radius 1 is 0.844 bits per heavy atom. The summed E-state index contributed by atoms with van der Waals surface area (Å²) in [5.74, 6) is -7.07. The molecule has 0 aromatic heterocycles. The van der Waals surface area contributed by atoms with Gasteiger partial charge in [0.05, 0.1) is 0 Å². The number of carbonyl (C=O) groups excluding carboxylic acids is 3. The predicted molar refractivity (Wildman–Crippen MR) is 113 cm³/mol. The van der Waals surface area contributed by atoms with Crippen LogP contribution in [-0.4, -0.2) is 81.7 Å². The van der Waals surface area contributed by atoms with E-state index < -0.39 is 40.8 Å². The van der Waals surface area contributed by atoms with E-state index in [1.807, 2.05) is 0 Å². The highest BCUT2D eigenvalue weighted by molar-refractivity contribution is 6.28. The quantitative estimate of drug-likeness (QED) is 0.276. The minimum Gasteiger partial charge on any atom is -0.479 e. The molecule has 0 saturated carbocycles. The van der Waals surface area contributed by atoms with Crippen LogP contribution in [0.3, 0.4) is 0 Å². The van der Waals surface area contributed by atoms with Gasteiger partial charge in [0.25, 0.3) is 11.2 Å². The maximum absolute atomic E-state index is 13.3. The molecule has 0 fully saturated rings. The number of Topliss-reactive ketones (excluding diaryl/α,β-unsaturated/α-hetero) is 2. The second kappa shape index (κ2) is 9.82. The van der Waals surface area contributed by atoms with E-state index in [0.717, 1.165) is 0 Å². The molecule has 0 aliphatic heterocycles. The Hall–Kier alpha value is -3.40. The van der Waals surface area contributed by atoms with E-state index in [0.29, 0.717) is 0 Å². The maximum atomic E-state index is 13.3. The molecule has 0 radical (unpaired) electrons. The first-order chi connectivity index (χ1) is 15.0. The molecule has 0 spiro atoms. The SMILES string of the molecule is C[C@H](CN(C)C)OC(=O)C(O)(C(=O)c1ccccc1)C(O)(C(=O)O)C(=O)c1ccccc1. The third kappa shape index (κ3) is 4.59. The molecular weight excluding hydrogens is 418 g/mol. The Bertz CT molecular complexity index is 992. The van der Waals surface area contributed by atoms with Gasteiger partial charge in [-0.3, -0.25) is 9.59 Å². The van der Waals surface area contributed by atoms with Crippen LogP contribution in [0.2, 0.25) is 0 Å². The number of hydrogen-bond acceptors (Lipinski definition) is 8. The lowest BCUT2D eigenvalue weighted by molar-refractivity contribution is -0.194. The lowest BCUT2D eigenvalue weighted by atomic mass is 9.73. The number of aliphatic hydroxyl groups is 2. The number of hydrogen-bond donors (Lipinski definition) is 3. The monoisotopic (exact) mass is 443 g/mol. The topological polar surface area (TPSA) is 141 Å². The van der Waals surface area contributed by atoms with Gasteiger partial charge in [-0.1, -0.05) is 60.7 Å². The van der Waals surface area contributed by atoms with Gasteiger partial charge in [-0.05, 0) is 21.0 Å². The Morgan fingerprint density at radius 3 is 1.62 bits per heavy atom. The van der Waals surface area contributed by atoms with Crippen molar-refractivity contribution >= 4 is 23.5 Å². The average molecular weight is 443 g/mol. The minimum absolute atomic E-state index is 0.166. The summed E-state index contributed by atoms with van der Waals surface area (Å²) in [6.45, 7) is 1.61. The molecular formula is C23H25NO8. The van der Waals surface area contributed by atoms with Crippen LogP contribution in [-0.2, 0) is 14.3 Å². The second-order valence-corrected chi connectivity index (χ2v) is 7.59. The Morgan fingerprint density at radius 2 is 1.25 bits per heavy atom. The summed E-state index contributed by atoms with van der Waals surface area (Å²) in [4.78, 5) is 53.3. The zero-order chi connectivity index (χ0) is 24.1. The van der Waals surface area contributed by atoms with E-state index in [-0.39, 0.29) is 17.7 Å². The van der Waals surface area contributed by atoms with E-state index in [2.05, 4.69) is 0 Å². The van der Waals surface area contributed by atoms with Gasteiger partial charge < -0.3 is 25.0 Å². The largest absolute Gasteiger partial charge is 0.479 e. The van der Waals surface area contributed by atoms with Gasteiger partial charge in [-0.15, -0.1) is 0 Å². The number of carboxylic acid groups (broad SMARTS) is 1.